The van der Waals surface area contributed by atoms with E-state index < -0.39 is 0 Å². The lowest BCUT2D eigenvalue weighted by molar-refractivity contribution is -0.126. The van der Waals surface area contributed by atoms with E-state index in [0.717, 1.165) is 23.9 Å². The van der Waals surface area contributed by atoms with Gasteiger partial charge in [-0.15, -0.1) is 0 Å². The number of halogens is 1. The lowest BCUT2D eigenvalue weighted by atomic mass is 9.91. The van der Waals surface area contributed by atoms with Gasteiger partial charge in [0.25, 0.3) is 5.91 Å². The van der Waals surface area contributed by atoms with Crippen molar-refractivity contribution in [2.24, 2.45) is 11.3 Å². The second-order valence-corrected chi connectivity index (χ2v) is 9.11. The van der Waals surface area contributed by atoms with E-state index in [1.54, 1.807) is 0 Å². The molecule has 0 radical (unpaired) electrons. The third kappa shape index (κ3) is 6.09. The number of nitrogens with zero attached hydrogens (tertiary/aromatic N) is 2. The van der Waals surface area contributed by atoms with Crippen molar-refractivity contribution < 1.29 is 9.59 Å². The summed E-state index contributed by atoms with van der Waals surface area (Å²) >= 11 is 3.40. The predicted molar refractivity (Wildman–Crippen MR) is 108 cm³/mol. The van der Waals surface area contributed by atoms with Gasteiger partial charge in [0.15, 0.2) is 0 Å². The highest BCUT2D eigenvalue weighted by Gasteiger charge is 2.29. The van der Waals surface area contributed by atoms with Crippen LogP contribution in [0.1, 0.15) is 37.0 Å². The van der Waals surface area contributed by atoms with E-state index in [9.17, 15) is 9.59 Å². The molecule has 0 spiro atoms. The standard InChI is InChI=1S/C20H30BrN3O2/c1-20(2,14-23(3)4)13-22-18(25)15-8-10-24(11-9-15)19(26)16-6-5-7-17(21)12-16/h5-7,12,15H,8-11,13-14H2,1-4H3,(H,22,25). The van der Waals surface area contributed by atoms with Gasteiger partial charge in [-0.1, -0.05) is 35.8 Å². The molecular formula is C20H30BrN3O2. The van der Waals surface area contributed by atoms with Crippen molar-refractivity contribution in [2.75, 3.05) is 40.3 Å². The van der Waals surface area contributed by atoms with Gasteiger partial charge in [-0.2, -0.15) is 0 Å². The van der Waals surface area contributed by atoms with Crippen molar-refractivity contribution in [3.8, 4) is 0 Å². The van der Waals surface area contributed by atoms with E-state index in [2.05, 4.69) is 40.0 Å². The maximum Gasteiger partial charge on any atom is 0.253 e. The minimum absolute atomic E-state index is 0.00304. The summed E-state index contributed by atoms with van der Waals surface area (Å²) in [5, 5.41) is 3.11. The van der Waals surface area contributed by atoms with Gasteiger partial charge in [-0.05, 0) is 50.6 Å². The number of benzene rings is 1. The molecule has 144 valence electrons. The van der Waals surface area contributed by atoms with Crippen LogP contribution >= 0.6 is 15.9 Å². The molecule has 0 saturated carbocycles. The van der Waals surface area contributed by atoms with Crippen LogP contribution in [0.3, 0.4) is 0 Å². The summed E-state index contributed by atoms with van der Waals surface area (Å²) < 4.78 is 0.901. The van der Waals surface area contributed by atoms with Crippen molar-refractivity contribution in [3.05, 3.63) is 34.3 Å². The van der Waals surface area contributed by atoms with Crippen LogP contribution in [0, 0.1) is 11.3 Å². The number of carbonyl (C=O) groups excluding carboxylic acids is 2. The Hall–Kier alpha value is -1.40. The van der Waals surface area contributed by atoms with Gasteiger partial charge in [-0.25, -0.2) is 0 Å². The molecule has 1 heterocycles. The highest BCUT2D eigenvalue weighted by atomic mass is 79.9. The van der Waals surface area contributed by atoms with Crippen molar-refractivity contribution >= 4 is 27.7 Å². The minimum atomic E-state index is -0.00304. The van der Waals surface area contributed by atoms with Crippen molar-refractivity contribution in [1.29, 1.82) is 0 Å². The lowest BCUT2D eigenvalue weighted by Crippen LogP contribution is -2.46. The molecule has 1 aliphatic heterocycles. The van der Waals surface area contributed by atoms with Crippen LogP contribution in [0.25, 0.3) is 0 Å². The monoisotopic (exact) mass is 423 g/mol. The number of piperidine rings is 1. The topological polar surface area (TPSA) is 52.7 Å². The zero-order valence-electron chi connectivity index (χ0n) is 16.2. The Kier molecular flexibility index (Phi) is 7.24. The number of hydrogen-bond acceptors (Lipinski definition) is 3. The fourth-order valence-electron chi connectivity index (χ4n) is 3.53. The van der Waals surface area contributed by atoms with Gasteiger partial charge in [0.05, 0.1) is 0 Å². The Bertz CT molecular complexity index is 638. The Balaban J connectivity index is 1.82. The number of nitrogens with one attached hydrogen (secondary N) is 1. The minimum Gasteiger partial charge on any atom is -0.355 e. The Morgan fingerprint density at radius 1 is 1.27 bits per heavy atom. The Morgan fingerprint density at radius 3 is 2.50 bits per heavy atom. The third-order valence-corrected chi connectivity index (χ3v) is 5.20. The summed E-state index contributed by atoms with van der Waals surface area (Å²) in [6, 6.07) is 7.45. The summed E-state index contributed by atoms with van der Waals surface area (Å²) in [6.07, 6.45) is 1.44. The summed E-state index contributed by atoms with van der Waals surface area (Å²) in [4.78, 5) is 29.1. The predicted octanol–water partition coefficient (Wildman–Crippen LogP) is 3.01. The first-order valence-corrected chi connectivity index (χ1v) is 9.94. The summed E-state index contributed by atoms with van der Waals surface area (Å²) in [6.45, 7) is 7.17. The Morgan fingerprint density at radius 2 is 1.92 bits per heavy atom. The van der Waals surface area contributed by atoms with Crippen molar-refractivity contribution in [1.82, 2.24) is 15.1 Å². The normalized spacial score (nSPS) is 16.0. The van der Waals surface area contributed by atoms with E-state index in [1.165, 1.54) is 0 Å². The highest BCUT2D eigenvalue weighted by molar-refractivity contribution is 9.10. The first-order valence-electron chi connectivity index (χ1n) is 9.15. The summed E-state index contributed by atoms with van der Waals surface area (Å²) in [5.41, 5.74) is 0.726. The molecule has 6 heteroatoms. The largest absolute Gasteiger partial charge is 0.355 e. The molecule has 2 rings (SSSR count). The molecule has 1 aromatic carbocycles. The number of hydrogen-bond donors (Lipinski definition) is 1. The van der Waals surface area contributed by atoms with Gasteiger partial charge in [0.2, 0.25) is 5.91 Å². The van der Waals surface area contributed by atoms with Crippen LogP contribution in [-0.2, 0) is 4.79 Å². The summed E-state index contributed by atoms with van der Waals surface area (Å²) in [5.74, 6) is 0.153. The van der Waals surface area contributed by atoms with Crippen LogP contribution in [-0.4, -0.2) is 61.9 Å². The SMILES string of the molecule is CN(C)CC(C)(C)CNC(=O)C1CCN(C(=O)c2cccc(Br)c2)CC1. The zero-order valence-corrected chi connectivity index (χ0v) is 17.8. The van der Waals surface area contributed by atoms with E-state index >= 15 is 0 Å². The maximum atomic E-state index is 12.6. The molecule has 1 aromatic rings. The molecule has 26 heavy (non-hydrogen) atoms. The first kappa shape index (κ1) is 20.9. The fraction of sp³-hybridized carbons (Fsp3) is 0.600. The van der Waals surface area contributed by atoms with Gasteiger partial charge < -0.3 is 15.1 Å². The molecule has 2 amide bonds. The third-order valence-electron chi connectivity index (χ3n) is 4.71. The second kappa shape index (κ2) is 9.00. The number of likely N-dealkylation sites (tertiary alicyclic amines) is 1. The lowest BCUT2D eigenvalue weighted by Gasteiger charge is -2.33. The summed E-state index contributed by atoms with van der Waals surface area (Å²) in [7, 11) is 4.09. The van der Waals surface area contributed by atoms with E-state index in [1.807, 2.05) is 43.3 Å². The van der Waals surface area contributed by atoms with E-state index in [-0.39, 0.29) is 23.1 Å². The molecule has 0 unspecified atom stereocenters. The van der Waals surface area contributed by atoms with Gasteiger partial charge in [0.1, 0.15) is 0 Å². The highest BCUT2D eigenvalue weighted by Crippen LogP contribution is 2.21. The number of carbonyl (C=O) groups is 2. The van der Waals surface area contributed by atoms with E-state index in [0.29, 0.717) is 25.2 Å². The van der Waals surface area contributed by atoms with Crippen molar-refractivity contribution in [2.45, 2.75) is 26.7 Å². The fourth-order valence-corrected chi connectivity index (χ4v) is 3.93. The number of rotatable bonds is 6. The molecule has 1 fully saturated rings. The molecule has 0 bridgehead atoms. The first-order chi connectivity index (χ1) is 12.2. The molecular weight excluding hydrogens is 394 g/mol. The van der Waals surface area contributed by atoms with Crippen LogP contribution in [0.4, 0.5) is 0 Å². The van der Waals surface area contributed by atoms with Gasteiger partial charge in [0, 0.05) is 42.1 Å². The smallest absolute Gasteiger partial charge is 0.253 e. The van der Waals surface area contributed by atoms with Gasteiger partial charge in [-0.3, -0.25) is 9.59 Å². The van der Waals surface area contributed by atoms with Gasteiger partial charge >= 0.3 is 0 Å². The van der Waals surface area contributed by atoms with Crippen molar-refractivity contribution in [3.63, 3.8) is 0 Å². The van der Waals surface area contributed by atoms with Crippen LogP contribution in [0.2, 0.25) is 0 Å². The molecule has 0 aromatic heterocycles. The van der Waals surface area contributed by atoms with Crippen LogP contribution in [0.15, 0.2) is 28.7 Å². The van der Waals surface area contributed by atoms with E-state index in [4.69, 9.17) is 0 Å². The molecule has 0 atom stereocenters. The Labute approximate surface area is 165 Å². The molecule has 0 aliphatic carbocycles. The quantitative estimate of drug-likeness (QED) is 0.764. The molecule has 5 nitrogen and oxygen atoms in total. The zero-order chi connectivity index (χ0) is 19.3. The average molecular weight is 424 g/mol. The molecule has 1 aliphatic rings. The molecule has 1 saturated heterocycles. The van der Waals surface area contributed by atoms with Crippen LogP contribution in [0.5, 0.6) is 0 Å². The average Bonchev–Trinajstić information content (AvgIpc) is 2.58. The maximum absolute atomic E-state index is 12.6. The number of amides is 2. The molecule has 1 N–H and O–H groups in total. The second-order valence-electron chi connectivity index (χ2n) is 8.20. The van der Waals surface area contributed by atoms with Crippen LogP contribution < -0.4 is 5.32 Å².